The van der Waals surface area contributed by atoms with E-state index in [-0.39, 0.29) is 17.6 Å². The zero-order valence-corrected chi connectivity index (χ0v) is 17.4. The van der Waals surface area contributed by atoms with Gasteiger partial charge in [0.1, 0.15) is 10.6 Å². The van der Waals surface area contributed by atoms with E-state index in [4.69, 9.17) is 4.74 Å². The van der Waals surface area contributed by atoms with Crippen LogP contribution in [-0.4, -0.2) is 29.7 Å². The van der Waals surface area contributed by atoms with Crippen molar-refractivity contribution in [2.45, 2.75) is 37.6 Å². The highest BCUT2D eigenvalue weighted by atomic mass is 79.9. The molecule has 2 aromatic rings. The molecular weight excluding hydrogens is 433 g/mol. The van der Waals surface area contributed by atoms with Crippen LogP contribution in [-0.2, 0) is 22.6 Å². The highest BCUT2D eigenvalue weighted by Crippen LogP contribution is 2.33. The van der Waals surface area contributed by atoms with Crippen LogP contribution in [0.1, 0.15) is 40.6 Å². The van der Waals surface area contributed by atoms with Crippen LogP contribution < -0.4 is 4.74 Å². The molecule has 1 unspecified atom stereocenters. The summed E-state index contributed by atoms with van der Waals surface area (Å²) in [6, 6.07) is 8.29. The number of hydrogen-bond acceptors (Lipinski definition) is 5. The van der Waals surface area contributed by atoms with Crippen molar-refractivity contribution in [3.8, 4) is 5.06 Å². The Kier molecular flexibility index (Phi) is 6.78. The van der Waals surface area contributed by atoms with Gasteiger partial charge >= 0.3 is 5.97 Å². The molecular formula is C20H21BrFNO3S. The van der Waals surface area contributed by atoms with Gasteiger partial charge in [-0.2, -0.15) is 0 Å². The second-order valence-corrected chi connectivity index (χ2v) is 8.60. The van der Waals surface area contributed by atoms with E-state index in [1.165, 1.54) is 34.8 Å². The molecule has 0 radical (unpaired) electrons. The van der Waals surface area contributed by atoms with Gasteiger partial charge in [-0.3, -0.25) is 14.5 Å². The van der Waals surface area contributed by atoms with Crippen LogP contribution in [0, 0.1) is 5.82 Å². The number of carbonyl (C=O) groups is 2. The van der Waals surface area contributed by atoms with Gasteiger partial charge in [-0.25, -0.2) is 4.39 Å². The molecule has 0 saturated carbocycles. The highest BCUT2D eigenvalue weighted by molar-refractivity contribution is 9.09. The molecule has 1 aliphatic rings. The number of Topliss-reactive ketones (excluding diaryl/α,β-unsaturated/α-hetero) is 1. The molecule has 144 valence electrons. The van der Waals surface area contributed by atoms with Crippen molar-refractivity contribution in [1.29, 1.82) is 0 Å². The first-order valence-electron chi connectivity index (χ1n) is 8.87. The first-order valence-corrected chi connectivity index (χ1v) is 10.6. The number of fused-ring (bicyclic) bond motifs is 1. The predicted octanol–water partition coefficient (Wildman–Crippen LogP) is 4.66. The zero-order valence-electron chi connectivity index (χ0n) is 15.0. The van der Waals surface area contributed by atoms with Gasteiger partial charge in [-0.1, -0.05) is 34.1 Å². The van der Waals surface area contributed by atoms with Crippen molar-refractivity contribution in [1.82, 2.24) is 4.90 Å². The van der Waals surface area contributed by atoms with Crippen LogP contribution in [0.15, 0.2) is 30.3 Å². The van der Waals surface area contributed by atoms with Crippen molar-refractivity contribution in [3.63, 3.8) is 0 Å². The maximum absolute atomic E-state index is 13.8. The van der Waals surface area contributed by atoms with E-state index in [2.05, 4.69) is 20.8 Å². The Morgan fingerprint density at radius 1 is 1.37 bits per heavy atom. The fourth-order valence-electron chi connectivity index (χ4n) is 3.20. The minimum absolute atomic E-state index is 0.00882. The average molecular weight is 454 g/mol. The molecule has 1 aliphatic heterocycles. The molecule has 4 nitrogen and oxygen atoms in total. The van der Waals surface area contributed by atoms with Crippen LogP contribution in [0.4, 0.5) is 4.39 Å². The van der Waals surface area contributed by atoms with Crippen molar-refractivity contribution in [3.05, 3.63) is 52.2 Å². The van der Waals surface area contributed by atoms with E-state index < -0.39 is 4.83 Å². The van der Waals surface area contributed by atoms with Crippen molar-refractivity contribution in [2.24, 2.45) is 0 Å². The van der Waals surface area contributed by atoms with Gasteiger partial charge < -0.3 is 4.74 Å². The summed E-state index contributed by atoms with van der Waals surface area (Å²) in [5.41, 5.74) is 1.58. The summed E-state index contributed by atoms with van der Waals surface area (Å²) in [5.74, 6) is -0.675. The Hall–Kier alpha value is -1.57. The fourth-order valence-corrected chi connectivity index (χ4v) is 4.86. The van der Waals surface area contributed by atoms with E-state index in [1.807, 2.05) is 6.07 Å². The third-order valence-corrected chi connectivity index (χ3v) is 6.64. The maximum atomic E-state index is 13.8. The monoisotopic (exact) mass is 453 g/mol. The third kappa shape index (κ3) is 5.24. The lowest BCUT2D eigenvalue weighted by atomic mass is 10.0. The SMILES string of the molecule is CC(=O)Oc1cc2c(s1)CCN(CCCC(=O)C(Br)c1ccccc1F)C2. The number of nitrogens with zero attached hydrogens (tertiary/aromatic N) is 1. The molecule has 1 aromatic carbocycles. The molecule has 0 N–H and O–H groups in total. The molecule has 7 heteroatoms. The standard InChI is InChI=1S/C20H21BrFNO3S/c1-13(24)26-19-11-14-12-23(10-8-18(14)27-19)9-4-7-17(25)20(21)15-5-2-3-6-16(15)22/h2-3,5-6,11,20H,4,7-10,12H2,1H3. The van der Waals surface area contributed by atoms with E-state index in [0.717, 1.165) is 32.5 Å². The van der Waals surface area contributed by atoms with Crippen molar-refractivity contribution < 1.29 is 18.7 Å². The summed E-state index contributed by atoms with van der Waals surface area (Å²) in [6.07, 6.45) is 2.05. The van der Waals surface area contributed by atoms with Gasteiger partial charge in [0.15, 0.2) is 10.8 Å². The number of esters is 1. The molecule has 2 heterocycles. The van der Waals surface area contributed by atoms with Gasteiger partial charge in [0.25, 0.3) is 0 Å². The largest absolute Gasteiger partial charge is 0.416 e. The molecule has 0 spiro atoms. The lowest BCUT2D eigenvalue weighted by Crippen LogP contribution is -2.30. The summed E-state index contributed by atoms with van der Waals surface area (Å²) in [5, 5.41) is 0.650. The number of benzene rings is 1. The summed E-state index contributed by atoms with van der Waals surface area (Å²) in [4.78, 5) is 26.4. The second-order valence-electron chi connectivity index (χ2n) is 6.59. The highest BCUT2D eigenvalue weighted by Gasteiger charge is 2.22. The number of thiophene rings is 1. The molecule has 0 bridgehead atoms. The fraction of sp³-hybridized carbons (Fsp3) is 0.400. The van der Waals surface area contributed by atoms with Gasteiger partial charge in [0.2, 0.25) is 0 Å². The van der Waals surface area contributed by atoms with E-state index in [1.54, 1.807) is 18.2 Å². The molecule has 1 atom stereocenters. The van der Waals surface area contributed by atoms with Gasteiger partial charge in [-0.15, -0.1) is 11.3 Å². The molecule has 0 aliphatic carbocycles. The van der Waals surface area contributed by atoms with Crippen molar-refractivity contribution in [2.75, 3.05) is 13.1 Å². The van der Waals surface area contributed by atoms with Crippen LogP contribution in [0.25, 0.3) is 0 Å². The van der Waals surface area contributed by atoms with Gasteiger partial charge in [0, 0.05) is 36.9 Å². The Labute approximate surface area is 170 Å². The van der Waals surface area contributed by atoms with Crippen LogP contribution in [0.3, 0.4) is 0 Å². The number of ether oxygens (including phenoxy) is 1. The summed E-state index contributed by atoms with van der Waals surface area (Å²) >= 11 is 4.86. The summed E-state index contributed by atoms with van der Waals surface area (Å²) in [7, 11) is 0. The topological polar surface area (TPSA) is 46.6 Å². The Morgan fingerprint density at radius 2 is 2.15 bits per heavy atom. The molecule has 1 aromatic heterocycles. The summed E-state index contributed by atoms with van der Waals surface area (Å²) < 4.78 is 19.0. The van der Waals surface area contributed by atoms with E-state index in [0.29, 0.717) is 17.0 Å². The molecule has 27 heavy (non-hydrogen) atoms. The number of hydrogen-bond donors (Lipinski definition) is 0. The Morgan fingerprint density at radius 3 is 2.89 bits per heavy atom. The minimum atomic E-state index is -0.602. The number of ketones is 1. The lowest BCUT2D eigenvalue weighted by molar-refractivity contribution is -0.131. The first-order chi connectivity index (χ1) is 12.9. The van der Waals surface area contributed by atoms with Crippen molar-refractivity contribution >= 4 is 39.0 Å². The number of alkyl halides is 1. The second kappa shape index (κ2) is 9.08. The quantitative estimate of drug-likeness (QED) is 0.451. The number of halogens is 2. The lowest BCUT2D eigenvalue weighted by Gasteiger charge is -2.26. The minimum Gasteiger partial charge on any atom is -0.416 e. The predicted molar refractivity (Wildman–Crippen MR) is 107 cm³/mol. The normalized spacial score (nSPS) is 15.2. The van der Waals surface area contributed by atoms with Gasteiger partial charge in [0.05, 0.1) is 0 Å². The van der Waals surface area contributed by atoms with Crippen LogP contribution >= 0.6 is 27.3 Å². The molecule has 0 fully saturated rings. The molecule has 0 saturated heterocycles. The molecule has 3 rings (SSSR count). The van der Waals surface area contributed by atoms with Crippen LogP contribution in [0.5, 0.6) is 5.06 Å². The molecule has 0 amide bonds. The third-order valence-electron chi connectivity index (χ3n) is 4.53. The smallest absolute Gasteiger partial charge is 0.308 e. The van der Waals surface area contributed by atoms with Gasteiger partial charge in [-0.05, 0) is 37.1 Å². The van der Waals surface area contributed by atoms with Crippen LogP contribution in [0.2, 0.25) is 0 Å². The Bertz CT molecular complexity index is 838. The van der Waals surface area contributed by atoms with E-state index in [9.17, 15) is 14.0 Å². The average Bonchev–Trinajstić information content (AvgIpc) is 3.02. The number of rotatable bonds is 7. The maximum Gasteiger partial charge on any atom is 0.308 e. The zero-order chi connectivity index (χ0) is 19.4. The Balaban J connectivity index is 1.48. The summed E-state index contributed by atoms with van der Waals surface area (Å²) in [6.45, 7) is 3.93. The van der Waals surface area contributed by atoms with E-state index >= 15 is 0 Å². The number of carbonyl (C=O) groups excluding carboxylic acids is 2. The first kappa shape index (κ1) is 20.2.